The van der Waals surface area contributed by atoms with Crippen molar-refractivity contribution in [2.24, 2.45) is 5.73 Å². The number of nitrogens with two attached hydrogens (primary N) is 1. The van der Waals surface area contributed by atoms with Crippen molar-refractivity contribution in [2.45, 2.75) is 50.9 Å². The van der Waals surface area contributed by atoms with E-state index >= 15 is 0 Å². The first-order chi connectivity index (χ1) is 17.0. The van der Waals surface area contributed by atoms with Gasteiger partial charge in [-0.2, -0.15) is 0 Å². The number of aromatic nitrogens is 1. The lowest BCUT2D eigenvalue weighted by Gasteiger charge is -2.27. The maximum Gasteiger partial charge on any atom is 0.251 e. The standard InChI is InChI=1S/C28H32FN3O4/c1-27(2,30)19-14-22(17-5-8-20(29)9-6-17)32-25(15-19)28(3,34)16-31-26(33)18-7-12-23(24(13-18)35-4)36-21-10-11-21/h5-9,12-15,21,34H,10-11,16,30H2,1-4H3,(H,31,33). The van der Waals surface area contributed by atoms with Gasteiger partial charge in [0.1, 0.15) is 11.4 Å². The van der Waals surface area contributed by atoms with Crippen LogP contribution >= 0.6 is 0 Å². The number of hydrogen-bond donors (Lipinski definition) is 3. The van der Waals surface area contributed by atoms with E-state index in [0.717, 1.165) is 18.4 Å². The molecule has 190 valence electrons. The van der Waals surface area contributed by atoms with Gasteiger partial charge in [-0.3, -0.25) is 4.79 Å². The fraction of sp³-hybridized carbons (Fsp3) is 0.357. The summed E-state index contributed by atoms with van der Waals surface area (Å²) in [6.07, 6.45) is 2.23. The van der Waals surface area contributed by atoms with Crippen LogP contribution in [0.4, 0.5) is 4.39 Å². The Bertz CT molecular complexity index is 1250. The summed E-state index contributed by atoms with van der Waals surface area (Å²) < 4.78 is 24.6. The number of rotatable bonds is 9. The first-order valence-corrected chi connectivity index (χ1v) is 11.9. The fourth-order valence-electron chi connectivity index (χ4n) is 3.66. The molecule has 1 fully saturated rings. The predicted octanol–water partition coefficient (Wildman–Crippen LogP) is 4.27. The van der Waals surface area contributed by atoms with Gasteiger partial charge in [-0.15, -0.1) is 0 Å². The number of carbonyl (C=O) groups excluding carboxylic acids is 1. The van der Waals surface area contributed by atoms with Crippen LogP contribution in [-0.4, -0.2) is 35.8 Å². The summed E-state index contributed by atoms with van der Waals surface area (Å²) in [7, 11) is 1.53. The van der Waals surface area contributed by atoms with Crippen LogP contribution in [-0.2, 0) is 11.1 Å². The molecule has 1 saturated carbocycles. The van der Waals surface area contributed by atoms with Crippen molar-refractivity contribution in [3.8, 4) is 22.8 Å². The molecule has 4 rings (SSSR count). The largest absolute Gasteiger partial charge is 0.493 e. The molecule has 2 aromatic carbocycles. The lowest BCUT2D eigenvalue weighted by Crippen LogP contribution is -2.40. The van der Waals surface area contributed by atoms with Gasteiger partial charge < -0.3 is 25.6 Å². The zero-order valence-corrected chi connectivity index (χ0v) is 21.0. The van der Waals surface area contributed by atoms with Crippen molar-refractivity contribution < 1.29 is 23.8 Å². The van der Waals surface area contributed by atoms with Crippen LogP contribution in [0.1, 0.15) is 55.2 Å². The summed E-state index contributed by atoms with van der Waals surface area (Å²) in [6, 6.07) is 14.5. The molecule has 0 aliphatic heterocycles. The minimum Gasteiger partial charge on any atom is -0.493 e. The van der Waals surface area contributed by atoms with E-state index in [0.29, 0.717) is 34.0 Å². The van der Waals surface area contributed by atoms with E-state index in [-0.39, 0.29) is 24.4 Å². The van der Waals surface area contributed by atoms with Crippen LogP contribution in [0.5, 0.6) is 11.5 Å². The maximum atomic E-state index is 13.4. The second-order valence-electron chi connectivity index (χ2n) is 9.99. The first-order valence-electron chi connectivity index (χ1n) is 11.9. The van der Waals surface area contributed by atoms with Crippen molar-refractivity contribution in [3.63, 3.8) is 0 Å². The number of nitrogens with zero attached hydrogens (tertiary/aromatic N) is 1. The number of nitrogens with one attached hydrogen (secondary N) is 1. The Morgan fingerprint density at radius 3 is 2.42 bits per heavy atom. The van der Waals surface area contributed by atoms with Gasteiger partial charge in [0.25, 0.3) is 5.91 Å². The average Bonchev–Trinajstić information content (AvgIpc) is 3.66. The fourth-order valence-corrected chi connectivity index (χ4v) is 3.66. The van der Waals surface area contributed by atoms with Crippen molar-refractivity contribution in [3.05, 3.63) is 77.2 Å². The first kappa shape index (κ1) is 25.6. The summed E-state index contributed by atoms with van der Waals surface area (Å²) in [5, 5.41) is 14.1. The zero-order valence-electron chi connectivity index (χ0n) is 21.0. The van der Waals surface area contributed by atoms with Crippen molar-refractivity contribution in [1.29, 1.82) is 0 Å². The SMILES string of the molecule is COc1cc(C(=O)NCC(C)(O)c2cc(C(C)(C)N)cc(-c3ccc(F)cc3)n2)ccc1OC1CC1. The molecule has 36 heavy (non-hydrogen) atoms. The predicted molar refractivity (Wildman–Crippen MR) is 135 cm³/mol. The normalized spacial score (nSPS) is 15.2. The number of amides is 1. The van der Waals surface area contributed by atoms with Gasteiger partial charge in [-0.05, 0) is 93.8 Å². The highest BCUT2D eigenvalue weighted by Crippen LogP contribution is 2.34. The Hall–Kier alpha value is -3.49. The molecular formula is C28H32FN3O4. The van der Waals surface area contributed by atoms with Crippen molar-refractivity contribution in [2.75, 3.05) is 13.7 Å². The van der Waals surface area contributed by atoms with Crippen LogP contribution in [0.15, 0.2) is 54.6 Å². The Balaban J connectivity index is 1.56. The zero-order chi connectivity index (χ0) is 26.1. The highest BCUT2D eigenvalue weighted by atomic mass is 19.1. The maximum absolute atomic E-state index is 13.4. The summed E-state index contributed by atoms with van der Waals surface area (Å²) in [6.45, 7) is 5.17. The number of benzene rings is 2. The van der Waals surface area contributed by atoms with Crippen LogP contribution in [0.3, 0.4) is 0 Å². The summed E-state index contributed by atoms with van der Waals surface area (Å²) in [5.74, 6) is 0.348. The van der Waals surface area contributed by atoms with Crippen LogP contribution in [0.2, 0.25) is 0 Å². The van der Waals surface area contributed by atoms with Gasteiger partial charge in [0.15, 0.2) is 11.5 Å². The molecule has 0 radical (unpaired) electrons. The molecule has 1 amide bonds. The van der Waals surface area contributed by atoms with E-state index in [1.165, 1.54) is 19.2 Å². The molecule has 1 atom stereocenters. The summed E-state index contributed by atoms with van der Waals surface area (Å²) in [5.41, 5.74) is 6.81. The second-order valence-corrected chi connectivity index (χ2v) is 9.99. The Morgan fingerprint density at radius 1 is 1.11 bits per heavy atom. The quantitative estimate of drug-likeness (QED) is 0.411. The third-order valence-electron chi connectivity index (χ3n) is 6.10. The Morgan fingerprint density at radius 2 is 1.81 bits per heavy atom. The lowest BCUT2D eigenvalue weighted by atomic mass is 9.90. The van der Waals surface area contributed by atoms with Crippen LogP contribution < -0.4 is 20.5 Å². The number of pyridine rings is 1. The molecular weight excluding hydrogens is 461 g/mol. The Kier molecular flexibility index (Phi) is 7.02. The number of aliphatic hydroxyl groups is 1. The topological polar surface area (TPSA) is 107 Å². The van der Waals surface area contributed by atoms with E-state index < -0.39 is 11.1 Å². The molecule has 1 heterocycles. The molecule has 1 unspecified atom stereocenters. The molecule has 1 aromatic heterocycles. The number of hydrogen-bond acceptors (Lipinski definition) is 6. The molecule has 0 spiro atoms. The average molecular weight is 494 g/mol. The molecule has 1 aliphatic carbocycles. The van der Waals surface area contributed by atoms with Gasteiger partial charge in [-0.25, -0.2) is 9.37 Å². The van der Waals surface area contributed by atoms with Crippen molar-refractivity contribution >= 4 is 5.91 Å². The van der Waals surface area contributed by atoms with E-state index in [2.05, 4.69) is 10.3 Å². The Labute approximate surface area is 210 Å². The number of methoxy groups -OCH3 is 1. The minimum absolute atomic E-state index is 0.0984. The highest BCUT2D eigenvalue weighted by molar-refractivity contribution is 5.95. The third-order valence-corrected chi connectivity index (χ3v) is 6.10. The van der Waals surface area contributed by atoms with Crippen LogP contribution in [0.25, 0.3) is 11.3 Å². The smallest absolute Gasteiger partial charge is 0.251 e. The highest BCUT2D eigenvalue weighted by Gasteiger charge is 2.29. The molecule has 4 N–H and O–H groups in total. The number of ether oxygens (including phenoxy) is 2. The molecule has 7 nitrogen and oxygen atoms in total. The molecule has 8 heteroatoms. The number of halogens is 1. The second kappa shape index (κ2) is 9.87. The lowest BCUT2D eigenvalue weighted by molar-refractivity contribution is 0.0489. The van der Waals surface area contributed by atoms with Gasteiger partial charge in [0, 0.05) is 16.7 Å². The monoisotopic (exact) mass is 493 g/mol. The van der Waals surface area contributed by atoms with Crippen molar-refractivity contribution in [1.82, 2.24) is 10.3 Å². The summed E-state index contributed by atoms with van der Waals surface area (Å²) >= 11 is 0. The molecule has 0 saturated heterocycles. The van der Waals surface area contributed by atoms with Crippen LogP contribution in [0, 0.1) is 5.82 Å². The molecule has 0 bridgehead atoms. The summed E-state index contributed by atoms with van der Waals surface area (Å²) in [4.78, 5) is 17.5. The van der Waals surface area contributed by atoms with E-state index in [1.807, 2.05) is 19.9 Å². The van der Waals surface area contributed by atoms with Gasteiger partial charge in [0.05, 0.1) is 31.1 Å². The van der Waals surface area contributed by atoms with Gasteiger partial charge in [-0.1, -0.05) is 0 Å². The third kappa shape index (κ3) is 6.01. The van der Waals surface area contributed by atoms with E-state index in [4.69, 9.17) is 15.2 Å². The van der Waals surface area contributed by atoms with E-state index in [1.54, 1.807) is 43.3 Å². The van der Waals surface area contributed by atoms with Gasteiger partial charge in [0.2, 0.25) is 0 Å². The molecule has 3 aromatic rings. The van der Waals surface area contributed by atoms with E-state index in [9.17, 15) is 14.3 Å². The minimum atomic E-state index is -1.51. The molecule has 1 aliphatic rings. The van der Waals surface area contributed by atoms with Gasteiger partial charge >= 0.3 is 0 Å². The number of carbonyl (C=O) groups is 1.